The van der Waals surface area contributed by atoms with Gasteiger partial charge in [-0.2, -0.15) is 0 Å². The van der Waals surface area contributed by atoms with E-state index in [4.69, 9.17) is 0 Å². The number of hydrogen-bond donors (Lipinski definition) is 2. The predicted octanol–water partition coefficient (Wildman–Crippen LogP) is 3.74. The first-order valence-corrected chi connectivity index (χ1v) is 9.63. The minimum Gasteiger partial charge on any atom is -0.357 e. The standard InChI is InChI=1S/C21H28FN5.HI/c1-23-21(25-12-9-17-5-7-19(22)8-6-17)26-16-18-10-11-24-20(15-18)27-13-3-2-4-14-27;/h5-8,10-11,15H,2-4,9,12-14,16H2,1H3,(H2,23,25,26);1H. The summed E-state index contributed by atoms with van der Waals surface area (Å²) in [5, 5.41) is 6.64. The first-order valence-electron chi connectivity index (χ1n) is 9.63. The molecule has 3 rings (SSSR count). The zero-order chi connectivity index (χ0) is 18.9. The Morgan fingerprint density at radius 2 is 1.82 bits per heavy atom. The molecule has 2 aromatic rings. The van der Waals surface area contributed by atoms with E-state index >= 15 is 0 Å². The number of nitrogens with one attached hydrogen (secondary N) is 2. The van der Waals surface area contributed by atoms with Gasteiger partial charge in [-0.25, -0.2) is 9.37 Å². The van der Waals surface area contributed by atoms with Crippen LogP contribution in [0.4, 0.5) is 10.2 Å². The number of anilines is 1. The van der Waals surface area contributed by atoms with Gasteiger partial charge in [0, 0.05) is 39.4 Å². The van der Waals surface area contributed by atoms with Gasteiger partial charge in [0.1, 0.15) is 11.6 Å². The molecule has 152 valence electrons. The number of halogens is 2. The highest BCUT2D eigenvalue weighted by molar-refractivity contribution is 14.0. The van der Waals surface area contributed by atoms with Crippen molar-refractivity contribution in [1.82, 2.24) is 15.6 Å². The number of nitrogens with zero attached hydrogens (tertiary/aromatic N) is 3. The summed E-state index contributed by atoms with van der Waals surface area (Å²) in [6, 6.07) is 10.8. The van der Waals surface area contributed by atoms with Crippen LogP contribution in [0.5, 0.6) is 0 Å². The zero-order valence-electron chi connectivity index (χ0n) is 16.3. The molecule has 1 fully saturated rings. The number of aromatic nitrogens is 1. The molecule has 0 spiro atoms. The van der Waals surface area contributed by atoms with Gasteiger partial charge in [-0.3, -0.25) is 4.99 Å². The van der Waals surface area contributed by atoms with Crippen molar-refractivity contribution in [2.45, 2.75) is 32.2 Å². The van der Waals surface area contributed by atoms with E-state index in [1.165, 1.54) is 37.0 Å². The Bertz CT molecular complexity index is 745. The second kappa shape index (κ2) is 11.8. The number of benzene rings is 1. The fraction of sp³-hybridized carbons (Fsp3) is 0.429. The number of piperidine rings is 1. The number of guanidine groups is 1. The monoisotopic (exact) mass is 497 g/mol. The van der Waals surface area contributed by atoms with Crippen LogP contribution in [-0.2, 0) is 13.0 Å². The van der Waals surface area contributed by atoms with Crippen molar-refractivity contribution >= 4 is 35.8 Å². The van der Waals surface area contributed by atoms with Crippen molar-refractivity contribution in [2.24, 2.45) is 4.99 Å². The zero-order valence-corrected chi connectivity index (χ0v) is 18.7. The number of aliphatic imine (C=N–C) groups is 1. The van der Waals surface area contributed by atoms with Crippen molar-refractivity contribution in [1.29, 1.82) is 0 Å². The fourth-order valence-corrected chi connectivity index (χ4v) is 3.25. The van der Waals surface area contributed by atoms with Crippen molar-refractivity contribution < 1.29 is 4.39 Å². The highest BCUT2D eigenvalue weighted by Gasteiger charge is 2.12. The lowest BCUT2D eigenvalue weighted by Crippen LogP contribution is -2.38. The van der Waals surface area contributed by atoms with Crippen LogP contribution in [0.15, 0.2) is 47.6 Å². The third kappa shape index (κ3) is 6.92. The van der Waals surface area contributed by atoms with Crippen molar-refractivity contribution in [2.75, 3.05) is 31.6 Å². The second-order valence-electron chi connectivity index (χ2n) is 6.80. The predicted molar refractivity (Wildman–Crippen MR) is 124 cm³/mol. The molecule has 28 heavy (non-hydrogen) atoms. The van der Waals surface area contributed by atoms with Crippen LogP contribution in [0.3, 0.4) is 0 Å². The fourth-order valence-electron chi connectivity index (χ4n) is 3.25. The second-order valence-corrected chi connectivity index (χ2v) is 6.80. The molecule has 0 aliphatic carbocycles. The molecular weight excluding hydrogens is 468 g/mol. The van der Waals surface area contributed by atoms with E-state index in [0.717, 1.165) is 43.4 Å². The van der Waals surface area contributed by atoms with E-state index < -0.39 is 0 Å². The van der Waals surface area contributed by atoms with E-state index in [-0.39, 0.29) is 29.8 Å². The summed E-state index contributed by atoms with van der Waals surface area (Å²) in [5.41, 5.74) is 2.28. The van der Waals surface area contributed by atoms with Crippen LogP contribution < -0.4 is 15.5 Å². The van der Waals surface area contributed by atoms with E-state index in [1.54, 1.807) is 7.05 Å². The lowest BCUT2D eigenvalue weighted by Gasteiger charge is -2.28. The Labute approximate surface area is 183 Å². The number of pyridine rings is 1. The van der Waals surface area contributed by atoms with Crippen LogP contribution in [0, 0.1) is 5.82 Å². The number of hydrogen-bond acceptors (Lipinski definition) is 3. The van der Waals surface area contributed by atoms with Crippen LogP contribution in [0.2, 0.25) is 0 Å². The van der Waals surface area contributed by atoms with Gasteiger partial charge >= 0.3 is 0 Å². The molecule has 5 nitrogen and oxygen atoms in total. The smallest absolute Gasteiger partial charge is 0.191 e. The van der Waals surface area contributed by atoms with Gasteiger partial charge in [0.15, 0.2) is 5.96 Å². The normalized spacial score (nSPS) is 14.4. The molecule has 1 aromatic carbocycles. The molecule has 1 aromatic heterocycles. The molecule has 7 heteroatoms. The average molecular weight is 497 g/mol. The summed E-state index contributed by atoms with van der Waals surface area (Å²) in [5.74, 6) is 1.62. The maximum Gasteiger partial charge on any atom is 0.191 e. The first kappa shape index (κ1) is 22.4. The topological polar surface area (TPSA) is 52.6 Å². The van der Waals surface area contributed by atoms with Gasteiger partial charge in [0.25, 0.3) is 0 Å². The van der Waals surface area contributed by atoms with Gasteiger partial charge in [0.2, 0.25) is 0 Å². The molecule has 2 N–H and O–H groups in total. The molecular formula is C21H29FIN5. The number of rotatable bonds is 6. The molecule has 0 saturated carbocycles. The summed E-state index contributed by atoms with van der Waals surface area (Å²) in [6.07, 6.45) is 6.50. The minimum atomic E-state index is -0.203. The average Bonchev–Trinajstić information content (AvgIpc) is 2.73. The minimum absolute atomic E-state index is 0. The summed E-state index contributed by atoms with van der Waals surface area (Å²) in [7, 11) is 1.76. The van der Waals surface area contributed by atoms with E-state index in [1.807, 2.05) is 24.4 Å². The maximum absolute atomic E-state index is 12.9. The van der Waals surface area contributed by atoms with Crippen LogP contribution in [0.1, 0.15) is 30.4 Å². The highest BCUT2D eigenvalue weighted by Crippen LogP contribution is 2.18. The molecule has 1 saturated heterocycles. The summed E-state index contributed by atoms with van der Waals surface area (Å²) < 4.78 is 12.9. The lowest BCUT2D eigenvalue weighted by atomic mass is 10.1. The van der Waals surface area contributed by atoms with Gasteiger partial charge in [-0.15, -0.1) is 24.0 Å². The maximum atomic E-state index is 12.9. The Balaban J connectivity index is 0.00000280. The molecule has 1 aliphatic rings. The Hall–Kier alpha value is -1.90. The van der Waals surface area contributed by atoms with Crippen molar-refractivity contribution in [3.8, 4) is 0 Å². The van der Waals surface area contributed by atoms with Gasteiger partial charge in [-0.05, 0) is 61.1 Å². The molecule has 1 aliphatic heterocycles. The SMILES string of the molecule is CN=C(NCCc1ccc(F)cc1)NCc1ccnc(N2CCCCC2)c1.I. The van der Waals surface area contributed by atoms with Gasteiger partial charge in [0.05, 0.1) is 0 Å². The molecule has 0 unspecified atom stereocenters. The molecule has 2 heterocycles. The molecule has 0 radical (unpaired) electrons. The van der Waals surface area contributed by atoms with Gasteiger partial charge < -0.3 is 15.5 Å². The Morgan fingerprint density at radius 1 is 1.07 bits per heavy atom. The van der Waals surface area contributed by atoms with E-state index in [2.05, 4.69) is 31.6 Å². The van der Waals surface area contributed by atoms with Crippen LogP contribution in [0.25, 0.3) is 0 Å². The quantitative estimate of drug-likeness (QED) is 0.363. The van der Waals surface area contributed by atoms with Crippen LogP contribution in [-0.4, -0.2) is 37.6 Å². The highest BCUT2D eigenvalue weighted by atomic mass is 127. The summed E-state index contributed by atoms with van der Waals surface area (Å²) in [4.78, 5) is 11.2. The largest absolute Gasteiger partial charge is 0.357 e. The van der Waals surface area contributed by atoms with Crippen molar-refractivity contribution in [3.63, 3.8) is 0 Å². The lowest BCUT2D eigenvalue weighted by molar-refractivity contribution is 0.573. The van der Waals surface area contributed by atoms with Crippen LogP contribution >= 0.6 is 24.0 Å². The van der Waals surface area contributed by atoms with Crippen molar-refractivity contribution in [3.05, 3.63) is 59.5 Å². The Morgan fingerprint density at radius 3 is 2.54 bits per heavy atom. The third-order valence-corrected chi connectivity index (χ3v) is 4.79. The molecule has 0 bridgehead atoms. The van der Waals surface area contributed by atoms with E-state index in [9.17, 15) is 4.39 Å². The molecule has 0 amide bonds. The first-order chi connectivity index (χ1) is 13.2. The third-order valence-electron chi connectivity index (χ3n) is 4.79. The molecule has 0 atom stereocenters. The summed E-state index contributed by atoms with van der Waals surface area (Å²) >= 11 is 0. The van der Waals surface area contributed by atoms with E-state index in [0.29, 0.717) is 6.54 Å². The Kier molecular flexibility index (Phi) is 9.46. The van der Waals surface area contributed by atoms with Gasteiger partial charge in [-0.1, -0.05) is 12.1 Å². The summed E-state index contributed by atoms with van der Waals surface area (Å²) in [6.45, 7) is 3.62.